The lowest BCUT2D eigenvalue weighted by molar-refractivity contribution is -0.122. The van der Waals surface area contributed by atoms with Crippen LogP contribution in [0.3, 0.4) is 0 Å². The smallest absolute Gasteiger partial charge is 0.220 e. The highest BCUT2D eigenvalue weighted by Crippen LogP contribution is 2.29. The lowest BCUT2D eigenvalue weighted by Gasteiger charge is -2.33. The van der Waals surface area contributed by atoms with Crippen LogP contribution >= 0.6 is 0 Å². The van der Waals surface area contributed by atoms with Gasteiger partial charge in [-0.25, -0.2) is 0 Å². The van der Waals surface area contributed by atoms with Crippen molar-refractivity contribution >= 4 is 5.91 Å². The van der Waals surface area contributed by atoms with Crippen molar-refractivity contribution in [3.8, 4) is 0 Å². The van der Waals surface area contributed by atoms with E-state index in [9.17, 15) is 4.79 Å². The van der Waals surface area contributed by atoms with E-state index in [-0.39, 0.29) is 5.91 Å². The maximum absolute atomic E-state index is 12.5. The van der Waals surface area contributed by atoms with Gasteiger partial charge in [0.15, 0.2) is 0 Å². The number of hydrogen-bond acceptors (Lipinski definition) is 6. The van der Waals surface area contributed by atoms with E-state index in [1.165, 1.54) is 0 Å². The number of aromatic nitrogens is 3. The number of aryl methyl sites for hydroxylation is 1. The van der Waals surface area contributed by atoms with Crippen LogP contribution < -0.4 is 5.32 Å². The molecule has 0 aliphatic carbocycles. The lowest BCUT2D eigenvalue weighted by Crippen LogP contribution is -2.48. The molecule has 0 bridgehead atoms. The molecule has 4 heterocycles. The molecule has 8 nitrogen and oxygen atoms in total. The molecular formula is C22H38N6O2. The minimum absolute atomic E-state index is 0.203. The van der Waals surface area contributed by atoms with Crippen molar-refractivity contribution in [2.75, 3.05) is 59.0 Å². The molecule has 1 aromatic rings. The second-order valence-electron chi connectivity index (χ2n) is 9.04. The van der Waals surface area contributed by atoms with Gasteiger partial charge in [-0.05, 0) is 38.1 Å². The molecule has 2 saturated heterocycles. The molecule has 0 spiro atoms. The highest BCUT2D eigenvalue weighted by molar-refractivity contribution is 5.76. The molecule has 4 rings (SSSR count). The van der Waals surface area contributed by atoms with E-state index in [4.69, 9.17) is 4.74 Å². The predicted octanol–water partition coefficient (Wildman–Crippen LogP) is 1.27. The number of carbonyl (C=O) groups is 1. The number of fused-ring (bicyclic) bond motifs is 1. The molecule has 30 heavy (non-hydrogen) atoms. The van der Waals surface area contributed by atoms with Crippen LogP contribution in [0, 0.1) is 5.92 Å². The lowest BCUT2D eigenvalue weighted by atomic mass is 9.96. The summed E-state index contributed by atoms with van der Waals surface area (Å²) in [5.74, 6) is 3.35. The summed E-state index contributed by atoms with van der Waals surface area (Å²) in [6.45, 7) is 12.2. The molecule has 3 aliphatic rings. The van der Waals surface area contributed by atoms with Crippen LogP contribution in [0.15, 0.2) is 0 Å². The minimum Gasteiger partial charge on any atom is -0.381 e. The van der Waals surface area contributed by atoms with E-state index in [0.717, 1.165) is 109 Å². The molecule has 1 unspecified atom stereocenters. The van der Waals surface area contributed by atoms with Crippen LogP contribution in [0.2, 0.25) is 0 Å². The van der Waals surface area contributed by atoms with Crippen molar-refractivity contribution in [2.45, 2.75) is 57.9 Å². The Bertz CT molecular complexity index is 679. The Kier molecular flexibility index (Phi) is 7.73. The van der Waals surface area contributed by atoms with Gasteiger partial charge in [0, 0.05) is 77.8 Å². The number of ether oxygens (including phenoxy) is 1. The van der Waals surface area contributed by atoms with E-state index >= 15 is 0 Å². The Morgan fingerprint density at radius 3 is 2.57 bits per heavy atom. The van der Waals surface area contributed by atoms with Crippen LogP contribution in [-0.2, 0) is 22.5 Å². The molecule has 3 aliphatic heterocycles. The van der Waals surface area contributed by atoms with Gasteiger partial charge in [0.25, 0.3) is 0 Å². The molecule has 8 heteroatoms. The summed E-state index contributed by atoms with van der Waals surface area (Å²) in [6, 6.07) is 0. The number of hydrogen-bond donors (Lipinski definition) is 1. The molecule has 1 aromatic heterocycles. The zero-order valence-corrected chi connectivity index (χ0v) is 18.5. The number of piperazine rings is 1. The first-order chi connectivity index (χ1) is 14.7. The standard InChI is InChI=1S/C22H38N6O2/c1-2-26-11-13-27(14-12-26)10-8-23-21(29)17-18-3-4-20-24-25-22(28(20)9-5-18)19-6-15-30-16-7-19/h18-19H,2-17H2,1H3,(H,23,29). The molecule has 1 amide bonds. The Labute approximate surface area is 180 Å². The van der Waals surface area contributed by atoms with Gasteiger partial charge >= 0.3 is 0 Å². The number of likely N-dealkylation sites (N-methyl/N-ethyl adjacent to an activating group) is 1. The third kappa shape index (κ3) is 5.59. The fourth-order valence-electron chi connectivity index (χ4n) is 5.05. The largest absolute Gasteiger partial charge is 0.381 e. The first-order valence-electron chi connectivity index (χ1n) is 11.9. The van der Waals surface area contributed by atoms with Gasteiger partial charge in [-0.2, -0.15) is 0 Å². The normalized spacial score (nSPS) is 24.4. The highest BCUT2D eigenvalue weighted by Gasteiger charge is 2.27. The topological polar surface area (TPSA) is 75.5 Å². The van der Waals surface area contributed by atoms with Crippen LogP contribution in [0.25, 0.3) is 0 Å². The summed E-state index contributed by atoms with van der Waals surface area (Å²) in [5, 5.41) is 12.2. The zero-order valence-electron chi connectivity index (χ0n) is 18.5. The summed E-state index contributed by atoms with van der Waals surface area (Å²) in [4.78, 5) is 17.4. The second kappa shape index (κ2) is 10.7. The minimum atomic E-state index is 0.203. The van der Waals surface area contributed by atoms with Crippen molar-refractivity contribution < 1.29 is 9.53 Å². The summed E-state index contributed by atoms with van der Waals surface area (Å²) in [5.41, 5.74) is 0. The predicted molar refractivity (Wildman–Crippen MR) is 115 cm³/mol. The SMILES string of the molecule is CCN1CCN(CCNC(=O)CC2CCc3nnc(C4CCOCC4)n3CC2)CC1. The molecular weight excluding hydrogens is 380 g/mol. The second-order valence-corrected chi connectivity index (χ2v) is 9.04. The maximum Gasteiger partial charge on any atom is 0.220 e. The molecule has 168 valence electrons. The molecule has 1 N–H and O–H groups in total. The van der Waals surface area contributed by atoms with Gasteiger partial charge in [0.2, 0.25) is 5.91 Å². The first kappa shape index (κ1) is 21.7. The van der Waals surface area contributed by atoms with Gasteiger partial charge in [0.1, 0.15) is 11.6 Å². The first-order valence-corrected chi connectivity index (χ1v) is 11.9. The summed E-state index contributed by atoms with van der Waals surface area (Å²) in [7, 11) is 0. The van der Waals surface area contributed by atoms with E-state index in [2.05, 4.69) is 36.8 Å². The average Bonchev–Trinajstić information content (AvgIpc) is 3.09. The highest BCUT2D eigenvalue weighted by atomic mass is 16.5. The molecule has 2 fully saturated rings. The number of rotatable bonds is 7. The zero-order chi connectivity index (χ0) is 20.8. The number of amides is 1. The fourth-order valence-corrected chi connectivity index (χ4v) is 5.05. The molecule has 0 aromatic carbocycles. The molecule has 0 saturated carbocycles. The summed E-state index contributed by atoms with van der Waals surface area (Å²) < 4.78 is 7.84. The quantitative estimate of drug-likeness (QED) is 0.719. The van der Waals surface area contributed by atoms with Crippen molar-refractivity contribution in [1.29, 1.82) is 0 Å². The van der Waals surface area contributed by atoms with E-state index in [0.29, 0.717) is 18.3 Å². The number of carbonyl (C=O) groups excluding carboxylic acids is 1. The molecule has 0 radical (unpaired) electrons. The van der Waals surface area contributed by atoms with Gasteiger partial charge in [-0.3, -0.25) is 9.69 Å². The van der Waals surface area contributed by atoms with Gasteiger partial charge < -0.3 is 19.5 Å². The summed E-state index contributed by atoms with van der Waals surface area (Å²) >= 11 is 0. The fraction of sp³-hybridized carbons (Fsp3) is 0.864. The van der Waals surface area contributed by atoms with Crippen LogP contribution in [0.4, 0.5) is 0 Å². The average molecular weight is 419 g/mol. The van der Waals surface area contributed by atoms with Crippen molar-refractivity contribution in [2.24, 2.45) is 5.92 Å². The van der Waals surface area contributed by atoms with E-state index in [1.807, 2.05) is 0 Å². The van der Waals surface area contributed by atoms with Gasteiger partial charge in [-0.15, -0.1) is 10.2 Å². The molecule has 1 atom stereocenters. The Morgan fingerprint density at radius 1 is 1.03 bits per heavy atom. The Hall–Kier alpha value is -1.51. The van der Waals surface area contributed by atoms with Crippen molar-refractivity contribution in [3.05, 3.63) is 11.6 Å². The van der Waals surface area contributed by atoms with E-state index in [1.54, 1.807) is 0 Å². The third-order valence-electron chi connectivity index (χ3n) is 7.12. The van der Waals surface area contributed by atoms with E-state index < -0.39 is 0 Å². The maximum atomic E-state index is 12.5. The Balaban J connectivity index is 1.19. The van der Waals surface area contributed by atoms with Crippen LogP contribution in [0.5, 0.6) is 0 Å². The third-order valence-corrected chi connectivity index (χ3v) is 7.12. The van der Waals surface area contributed by atoms with Gasteiger partial charge in [0.05, 0.1) is 0 Å². The van der Waals surface area contributed by atoms with Crippen molar-refractivity contribution in [3.63, 3.8) is 0 Å². The van der Waals surface area contributed by atoms with Crippen molar-refractivity contribution in [1.82, 2.24) is 29.9 Å². The van der Waals surface area contributed by atoms with Crippen LogP contribution in [0.1, 0.15) is 56.6 Å². The van der Waals surface area contributed by atoms with Gasteiger partial charge in [-0.1, -0.05) is 6.92 Å². The number of nitrogens with one attached hydrogen (secondary N) is 1. The van der Waals surface area contributed by atoms with Crippen LogP contribution in [-0.4, -0.2) is 89.5 Å². The Morgan fingerprint density at radius 2 is 1.80 bits per heavy atom. The monoisotopic (exact) mass is 418 g/mol. The number of nitrogens with zero attached hydrogens (tertiary/aromatic N) is 5. The summed E-state index contributed by atoms with van der Waals surface area (Å²) in [6.07, 6.45) is 5.70.